The molecule has 0 aromatic heterocycles. The summed E-state index contributed by atoms with van der Waals surface area (Å²) in [5, 5.41) is 0. The molecular formula is C7H11NS. The molecule has 1 aliphatic heterocycles. The maximum atomic E-state index is 4.29. The van der Waals surface area contributed by atoms with Crippen LogP contribution in [0.25, 0.3) is 0 Å². The molecule has 0 aliphatic carbocycles. The Morgan fingerprint density at radius 2 is 2.33 bits per heavy atom. The monoisotopic (exact) mass is 141 g/mol. The SMILES string of the molecule is CC=C1SC=NC1(C)C. The average molecular weight is 141 g/mol. The molecular weight excluding hydrogens is 130 g/mol. The number of rotatable bonds is 0. The molecule has 9 heavy (non-hydrogen) atoms. The Bertz CT molecular complexity index is 168. The van der Waals surface area contributed by atoms with Crippen LogP contribution >= 0.6 is 11.8 Å². The van der Waals surface area contributed by atoms with Crippen LogP contribution in [-0.4, -0.2) is 11.1 Å². The van der Waals surface area contributed by atoms with Crippen molar-refractivity contribution in [2.75, 3.05) is 0 Å². The first-order valence-corrected chi connectivity index (χ1v) is 3.92. The van der Waals surface area contributed by atoms with E-state index in [1.54, 1.807) is 11.8 Å². The third kappa shape index (κ3) is 1.18. The first-order valence-electron chi connectivity index (χ1n) is 3.04. The van der Waals surface area contributed by atoms with E-state index in [9.17, 15) is 0 Å². The first-order chi connectivity index (χ1) is 4.17. The second-order valence-corrected chi connectivity index (χ2v) is 3.45. The molecule has 0 saturated heterocycles. The summed E-state index contributed by atoms with van der Waals surface area (Å²) >= 11 is 1.72. The van der Waals surface area contributed by atoms with Crippen molar-refractivity contribution in [2.45, 2.75) is 26.3 Å². The zero-order valence-corrected chi connectivity index (χ0v) is 6.83. The van der Waals surface area contributed by atoms with Gasteiger partial charge in [0.1, 0.15) is 0 Å². The van der Waals surface area contributed by atoms with E-state index >= 15 is 0 Å². The smallest absolute Gasteiger partial charge is 0.0865 e. The Labute approximate surface area is 60.3 Å². The minimum atomic E-state index is 0.0550. The van der Waals surface area contributed by atoms with E-state index in [4.69, 9.17) is 0 Å². The molecule has 0 amide bonds. The maximum Gasteiger partial charge on any atom is 0.0865 e. The van der Waals surface area contributed by atoms with Gasteiger partial charge in [-0.2, -0.15) is 0 Å². The van der Waals surface area contributed by atoms with Gasteiger partial charge in [-0.05, 0) is 20.8 Å². The van der Waals surface area contributed by atoms with Gasteiger partial charge in [0.15, 0.2) is 0 Å². The lowest BCUT2D eigenvalue weighted by Crippen LogP contribution is -2.13. The number of nitrogens with zero attached hydrogens (tertiary/aromatic N) is 1. The Balaban J connectivity index is 2.84. The summed E-state index contributed by atoms with van der Waals surface area (Å²) in [6.45, 7) is 6.30. The largest absolute Gasteiger partial charge is 0.275 e. The first kappa shape index (κ1) is 6.87. The van der Waals surface area contributed by atoms with Crippen LogP contribution in [0.4, 0.5) is 0 Å². The van der Waals surface area contributed by atoms with Gasteiger partial charge in [0, 0.05) is 4.91 Å². The van der Waals surface area contributed by atoms with Crippen LogP contribution in [0.3, 0.4) is 0 Å². The fourth-order valence-corrected chi connectivity index (χ4v) is 1.75. The molecule has 1 aliphatic rings. The fraction of sp³-hybridized carbons (Fsp3) is 0.571. The molecule has 0 bridgehead atoms. The molecule has 0 saturated carbocycles. The predicted molar refractivity (Wildman–Crippen MR) is 43.9 cm³/mol. The van der Waals surface area contributed by atoms with E-state index in [2.05, 4.69) is 31.8 Å². The highest BCUT2D eigenvalue weighted by Gasteiger charge is 2.24. The molecule has 0 fully saturated rings. The molecule has 0 aromatic rings. The number of hydrogen-bond acceptors (Lipinski definition) is 2. The molecule has 2 heteroatoms. The summed E-state index contributed by atoms with van der Waals surface area (Å²) in [5.41, 5.74) is 1.97. The van der Waals surface area contributed by atoms with E-state index in [1.165, 1.54) is 4.91 Å². The summed E-state index contributed by atoms with van der Waals surface area (Å²) in [6, 6.07) is 0. The van der Waals surface area contributed by atoms with Crippen molar-refractivity contribution in [2.24, 2.45) is 4.99 Å². The van der Waals surface area contributed by atoms with Gasteiger partial charge >= 0.3 is 0 Å². The summed E-state index contributed by atoms with van der Waals surface area (Å²) in [6.07, 6.45) is 2.12. The highest BCUT2D eigenvalue weighted by molar-refractivity contribution is 8.15. The summed E-state index contributed by atoms with van der Waals surface area (Å²) in [5.74, 6) is 0. The molecule has 0 radical (unpaired) electrons. The second-order valence-electron chi connectivity index (χ2n) is 2.56. The lowest BCUT2D eigenvalue weighted by Gasteiger charge is -2.14. The van der Waals surface area contributed by atoms with E-state index in [-0.39, 0.29) is 5.54 Å². The predicted octanol–water partition coefficient (Wildman–Crippen LogP) is 2.44. The van der Waals surface area contributed by atoms with Crippen molar-refractivity contribution in [3.63, 3.8) is 0 Å². The number of hydrogen-bond donors (Lipinski definition) is 0. The van der Waals surface area contributed by atoms with Crippen LogP contribution in [-0.2, 0) is 0 Å². The van der Waals surface area contributed by atoms with Gasteiger partial charge in [0.05, 0.1) is 11.1 Å². The molecule has 1 nitrogen and oxygen atoms in total. The van der Waals surface area contributed by atoms with Crippen LogP contribution in [0.2, 0.25) is 0 Å². The lowest BCUT2D eigenvalue weighted by molar-refractivity contribution is 0.656. The highest BCUT2D eigenvalue weighted by Crippen LogP contribution is 2.34. The van der Waals surface area contributed by atoms with Crippen molar-refractivity contribution < 1.29 is 0 Å². The zero-order chi connectivity index (χ0) is 6.91. The Morgan fingerprint density at radius 1 is 1.67 bits per heavy atom. The Hall–Kier alpha value is -0.240. The standard InChI is InChI=1S/C7H11NS/c1-4-6-7(2,3)8-5-9-6/h4-5H,1-3H3. The van der Waals surface area contributed by atoms with Crippen molar-refractivity contribution in [3.8, 4) is 0 Å². The maximum absolute atomic E-state index is 4.29. The number of thioether (sulfide) groups is 1. The normalized spacial score (nSPS) is 27.7. The van der Waals surface area contributed by atoms with Crippen molar-refractivity contribution >= 4 is 17.3 Å². The van der Waals surface area contributed by atoms with Gasteiger partial charge in [-0.15, -0.1) is 0 Å². The summed E-state index contributed by atoms with van der Waals surface area (Å²) in [7, 11) is 0. The van der Waals surface area contributed by atoms with Gasteiger partial charge in [-0.25, -0.2) is 0 Å². The molecule has 0 N–H and O–H groups in total. The third-order valence-electron chi connectivity index (χ3n) is 1.42. The van der Waals surface area contributed by atoms with E-state index < -0.39 is 0 Å². The van der Waals surface area contributed by atoms with Crippen LogP contribution in [0.15, 0.2) is 16.0 Å². The number of aliphatic imine (C=N–C) groups is 1. The molecule has 50 valence electrons. The van der Waals surface area contributed by atoms with Crippen LogP contribution < -0.4 is 0 Å². The fourth-order valence-electron chi connectivity index (χ4n) is 0.844. The van der Waals surface area contributed by atoms with Crippen LogP contribution in [0.5, 0.6) is 0 Å². The van der Waals surface area contributed by atoms with Gasteiger partial charge in [-0.1, -0.05) is 17.8 Å². The quantitative estimate of drug-likeness (QED) is 0.504. The topological polar surface area (TPSA) is 12.4 Å². The second kappa shape index (κ2) is 2.18. The van der Waals surface area contributed by atoms with Crippen LogP contribution in [0, 0.1) is 0 Å². The molecule has 1 rings (SSSR count). The minimum absolute atomic E-state index is 0.0550. The van der Waals surface area contributed by atoms with Gasteiger partial charge in [0.25, 0.3) is 0 Å². The molecule has 1 heterocycles. The molecule has 0 atom stereocenters. The highest BCUT2D eigenvalue weighted by atomic mass is 32.2. The van der Waals surface area contributed by atoms with Gasteiger partial charge in [0.2, 0.25) is 0 Å². The molecule has 0 aromatic carbocycles. The average Bonchev–Trinajstić information content (AvgIpc) is 2.08. The minimum Gasteiger partial charge on any atom is -0.275 e. The Morgan fingerprint density at radius 3 is 2.56 bits per heavy atom. The molecule has 0 unspecified atom stereocenters. The van der Waals surface area contributed by atoms with Gasteiger partial charge < -0.3 is 0 Å². The summed E-state index contributed by atoms with van der Waals surface area (Å²) < 4.78 is 0. The van der Waals surface area contributed by atoms with Crippen LogP contribution in [0.1, 0.15) is 20.8 Å². The molecule has 0 spiro atoms. The van der Waals surface area contributed by atoms with Crippen molar-refractivity contribution in [1.29, 1.82) is 0 Å². The lowest BCUT2D eigenvalue weighted by atomic mass is 10.1. The van der Waals surface area contributed by atoms with Crippen molar-refractivity contribution in [1.82, 2.24) is 0 Å². The number of allylic oxidation sites excluding steroid dienone is 1. The summed E-state index contributed by atoms with van der Waals surface area (Å²) in [4.78, 5) is 5.64. The van der Waals surface area contributed by atoms with E-state index in [0.717, 1.165) is 0 Å². The van der Waals surface area contributed by atoms with Crippen molar-refractivity contribution in [3.05, 3.63) is 11.0 Å². The van der Waals surface area contributed by atoms with Gasteiger partial charge in [-0.3, -0.25) is 4.99 Å². The third-order valence-corrected chi connectivity index (χ3v) is 2.62. The Kier molecular flexibility index (Phi) is 1.66. The van der Waals surface area contributed by atoms with E-state index in [0.29, 0.717) is 0 Å². The van der Waals surface area contributed by atoms with E-state index in [1.807, 2.05) is 5.55 Å². The zero-order valence-electron chi connectivity index (χ0n) is 6.01.